The largest absolute Gasteiger partial charge is 0.462 e. The molecule has 0 aliphatic carbocycles. The third kappa shape index (κ3) is 7.55. The minimum absolute atomic E-state index is 0.225. The molecule has 0 saturated heterocycles. The van der Waals surface area contributed by atoms with Gasteiger partial charge in [0, 0.05) is 0 Å². The molecule has 4 nitrogen and oxygen atoms in total. The summed E-state index contributed by atoms with van der Waals surface area (Å²) in [5, 5.41) is 0. The van der Waals surface area contributed by atoms with Gasteiger partial charge in [0.05, 0.1) is 17.7 Å². The zero-order valence-electron chi connectivity index (χ0n) is 16.9. The Morgan fingerprint density at radius 1 is 0.786 bits per heavy atom. The Morgan fingerprint density at radius 3 is 2.04 bits per heavy atom. The molecule has 0 aromatic heterocycles. The van der Waals surface area contributed by atoms with E-state index in [1.807, 2.05) is 31.2 Å². The number of aryl methyl sites for hydroxylation is 1. The predicted molar refractivity (Wildman–Crippen MR) is 110 cm³/mol. The van der Waals surface area contributed by atoms with Gasteiger partial charge >= 0.3 is 11.9 Å². The van der Waals surface area contributed by atoms with Gasteiger partial charge in [0.15, 0.2) is 0 Å². The van der Waals surface area contributed by atoms with Crippen LogP contribution in [0.2, 0.25) is 0 Å². The summed E-state index contributed by atoms with van der Waals surface area (Å²) in [6, 6.07) is 14.2. The highest BCUT2D eigenvalue weighted by molar-refractivity contribution is 5.93. The first-order valence-corrected chi connectivity index (χ1v) is 10.1. The zero-order valence-corrected chi connectivity index (χ0v) is 16.9. The number of carbonyl (C=O) groups is 2. The fourth-order valence-corrected chi connectivity index (χ4v) is 2.91. The van der Waals surface area contributed by atoms with Crippen molar-refractivity contribution in [2.24, 2.45) is 0 Å². The molecule has 0 amide bonds. The second kappa shape index (κ2) is 12.0. The van der Waals surface area contributed by atoms with Crippen LogP contribution in [0.3, 0.4) is 0 Å². The van der Waals surface area contributed by atoms with E-state index in [2.05, 4.69) is 6.92 Å². The van der Waals surface area contributed by atoms with Crippen molar-refractivity contribution in [1.29, 1.82) is 0 Å². The van der Waals surface area contributed by atoms with E-state index in [9.17, 15) is 9.59 Å². The van der Waals surface area contributed by atoms with Crippen LogP contribution < -0.4 is 0 Å². The van der Waals surface area contributed by atoms with Gasteiger partial charge in [-0.1, -0.05) is 68.9 Å². The third-order valence-corrected chi connectivity index (χ3v) is 4.54. The van der Waals surface area contributed by atoms with Crippen molar-refractivity contribution in [2.45, 2.75) is 59.0 Å². The Bertz CT molecular complexity index is 749. The summed E-state index contributed by atoms with van der Waals surface area (Å²) in [5.41, 5.74) is 2.93. The summed E-state index contributed by atoms with van der Waals surface area (Å²) in [7, 11) is 0. The number of ether oxygens (including phenoxy) is 2. The molecule has 2 aromatic carbocycles. The van der Waals surface area contributed by atoms with Gasteiger partial charge in [-0.15, -0.1) is 0 Å². The summed E-state index contributed by atoms with van der Waals surface area (Å²) < 4.78 is 10.6. The molecule has 0 bridgehead atoms. The van der Waals surface area contributed by atoms with Crippen LogP contribution in [0.4, 0.5) is 0 Å². The van der Waals surface area contributed by atoms with Crippen molar-refractivity contribution >= 4 is 11.9 Å². The molecule has 0 N–H and O–H groups in total. The van der Waals surface area contributed by atoms with Crippen molar-refractivity contribution in [2.75, 3.05) is 6.61 Å². The van der Waals surface area contributed by atoms with E-state index in [0.717, 1.165) is 24.0 Å². The van der Waals surface area contributed by atoms with Gasteiger partial charge in [-0.3, -0.25) is 0 Å². The van der Waals surface area contributed by atoms with Gasteiger partial charge in [0.25, 0.3) is 0 Å². The zero-order chi connectivity index (χ0) is 20.2. The Kier molecular flexibility index (Phi) is 9.26. The second-order valence-electron chi connectivity index (χ2n) is 7.05. The molecule has 0 radical (unpaired) electrons. The number of unbranched alkanes of at least 4 members (excludes halogenated alkanes) is 5. The first kappa shape index (κ1) is 21.7. The fourth-order valence-electron chi connectivity index (χ4n) is 2.91. The van der Waals surface area contributed by atoms with Crippen LogP contribution in [-0.2, 0) is 16.1 Å². The van der Waals surface area contributed by atoms with Crippen LogP contribution in [0.25, 0.3) is 0 Å². The summed E-state index contributed by atoms with van der Waals surface area (Å²) in [4.78, 5) is 24.2. The molecule has 150 valence electrons. The minimum Gasteiger partial charge on any atom is -0.462 e. The summed E-state index contributed by atoms with van der Waals surface area (Å²) in [5.74, 6) is -0.762. The fraction of sp³-hybridized carbons (Fsp3) is 0.417. The summed E-state index contributed by atoms with van der Waals surface area (Å²) in [6.07, 6.45) is 6.89. The molecule has 0 aliphatic heterocycles. The molecule has 0 atom stereocenters. The molecule has 0 saturated carbocycles. The van der Waals surface area contributed by atoms with Gasteiger partial charge in [-0.25, -0.2) is 9.59 Å². The molecule has 2 rings (SSSR count). The smallest absolute Gasteiger partial charge is 0.338 e. The lowest BCUT2D eigenvalue weighted by Crippen LogP contribution is -2.08. The van der Waals surface area contributed by atoms with Crippen molar-refractivity contribution in [3.63, 3.8) is 0 Å². The first-order valence-electron chi connectivity index (χ1n) is 10.1. The predicted octanol–water partition coefficient (Wildman–Crippen LogP) is 5.87. The van der Waals surface area contributed by atoms with Gasteiger partial charge < -0.3 is 9.47 Å². The SMILES string of the molecule is CCCCCCCCOC(=O)c1ccc(C(=O)OCc2cccc(C)c2)cc1. The lowest BCUT2D eigenvalue weighted by molar-refractivity contribution is 0.0466. The van der Waals surface area contributed by atoms with Gasteiger partial charge in [0.2, 0.25) is 0 Å². The average Bonchev–Trinajstić information content (AvgIpc) is 2.71. The Hall–Kier alpha value is -2.62. The van der Waals surface area contributed by atoms with Gasteiger partial charge in [-0.2, -0.15) is 0 Å². The van der Waals surface area contributed by atoms with E-state index in [1.165, 1.54) is 25.7 Å². The van der Waals surface area contributed by atoms with E-state index >= 15 is 0 Å². The lowest BCUT2D eigenvalue weighted by Gasteiger charge is -2.07. The number of benzene rings is 2. The lowest BCUT2D eigenvalue weighted by atomic mass is 10.1. The van der Waals surface area contributed by atoms with E-state index < -0.39 is 5.97 Å². The Labute approximate surface area is 167 Å². The highest BCUT2D eigenvalue weighted by Crippen LogP contribution is 2.11. The van der Waals surface area contributed by atoms with Crippen molar-refractivity contribution in [3.8, 4) is 0 Å². The molecule has 0 fully saturated rings. The quantitative estimate of drug-likeness (QED) is 0.360. The van der Waals surface area contributed by atoms with Crippen LogP contribution in [0.5, 0.6) is 0 Å². The normalized spacial score (nSPS) is 10.5. The second-order valence-corrected chi connectivity index (χ2v) is 7.05. The van der Waals surface area contributed by atoms with Crippen LogP contribution in [0, 0.1) is 6.92 Å². The number of hydrogen-bond acceptors (Lipinski definition) is 4. The van der Waals surface area contributed by atoms with Crippen LogP contribution in [-0.4, -0.2) is 18.5 Å². The van der Waals surface area contributed by atoms with Crippen LogP contribution in [0.15, 0.2) is 48.5 Å². The van der Waals surface area contributed by atoms with E-state index in [0.29, 0.717) is 17.7 Å². The van der Waals surface area contributed by atoms with Crippen molar-refractivity contribution in [1.82, 2.24) is 0 Å². The molecule has 0 heterocycles. The average molecular weight is 383 g/mol. The van der Waals surface area contributed by atoms with Crippen molar-refractivity contribution in [3.05, 3.63) is 70.8 Å². The maximum Gasteiger partial charge on any atom is 0.338 e. The Balaban J connectivity index is 1.74. The molecular formula is C24H30O4. The number of esters is 2. The number of rotatable bonds is 11. The number of hydrogen-bond donors (Lipinski definition) is 0. The third-order valence-electron chi connectivity index (χ3n) is 4.54. The first-order chi connectivity index (χ1) is 13.6. The standard InChI is InChI=1S/C24H30O4/c1-3-4-5-6-7-8-16-27-23(25)21-12-14-22(15-13-21)24(26)28-18-20-11-9-10-19(2)17-20/h9-15,17H,3-8,16,18H2,1-2H3. The maximum atomic E-state index is 12.2. The minimum atomic E-state index is -0.409. The van der Waals surface area contributed by atoms with E-state index in [4.69, 9.17) is 9.47 Å². The molecule has 0 spiro atoms. The van der Waals surface area contributed by atoms with Crippen molar-refractivity contribution < 1.29 is 19.1 Å². The van der Waals surface area contributed by atoms with E-state index in [-0.39, 0.29) is 12.6 Å². The summed E-state index contributed by atoms with van der Waals surface area (Å²) in [6.45, 7) is 4.85. The topological polar surface area (TPSA) is 52.6 Å². The van der Waals surface area contributed by atoms with Crippen LogP contribution in [0.1, 0.15) is 77.3 Å². The van der Waals surface area contributed by atoms with Gasteiger partial charge in [0.1, 0.15) is 6.61 Å². The maximum absolute atomic E-state index is 12.2. The monoisotopic (exact) mass is 382 g/mol. The molecule has 2 aromatic rings. The highest BCUT2D eigenvalue weighted by atomic mass is 16.5. The molecule has 28 heavy (non-hydrogen) atoms. The molecule has 0 aliphatic rings. The number of carbonyl (C=O) groups excluding carboxylic acids is 2. The van der Waals surface area contributed by atoms with Gasteiger partial charge in [-0.05, 0) is 43.2 Å². The molecule has 4 heteroatoms. The summed E-state index contributed by atoms with van der Waals surface area (Å²) >= 11 is 0. The van der Waals surface area contributed by atoms with Crippen LogP contribution >= 0.6 is 0 Å². The molecule has 0 unspecified atom stereocenters. The highest BCUT2D eigenvalue weighted by Gasteiger charge is 2.11. The molecular weight excluding hydrogens is 352 g/mol. The Morgan fingerprint density at radius 2 is 1.39 bits per heavy atom. The van der Waals surface area contributed by atoms with E-state index in [1.54, 1.807) is 24.3 Å².